The zero-order chi connectivity index (χ0) is 13.1. The third-order valence-electron chi connectivity index (χ3n) is 3.72. The van der Waals surface area contributed by atoms with Gasteiger partial charge in [-0.2, -0.15) is 0 Å². The van der Waals surface area contributed by atoms with E-state index in [4.69, 9.17) is 0 Å². The minimum Gasteiger partial charge on any atom is -0.333 e. The van der Waals surface area contributed by atoms with Crippen molar-refractivity contribution in [2.45, 2.75) is 31.8 Å². The molecule has 100 valence electrons. The summed E-state index contributed by atoms with van der Waals surface area (Å²) in [6, 6.07) is 7.17. The molecule has 1 unspecified atom stereocenters. The van der Waals surface area contributed by atoms with Crippen LogP contribution in [0.2, 0.25) is 0 Å². The van der Waals surface area contributed by atoms with Gasteiger partial charge in [-0.05, 0) is 43.5 Å². The first kappa shape index (κ1) is 12.4. The molecule has 0 saturated carbocycles. The van der Waals surface area contributed by atoms with E-state index in [1.165, 1.54) is 30.7 Å². The van der Waals surface area contributed by atoms with Gasteiger partial charge in [0.25, 0.3) is 0 Å². The lowest BCUT2D eigenvalue weighted by Crippen LogP contribution is -2.17. The molecule has 2 aromatic rings. The average molecular weight is 259 g/mol. The van der Waals surface area contributed by atoms with E-state index in [9.17, 15) is 4.39 Å². The Morgan fingerprint density at radius 2 is 2.16 bits per heavy atom. The first-order chi connectivity index (χ1) is 9.33. The van der Waals surface area contributed by atoms with Crippen LogP contribution in [0.3, 0.4) is 0 Å². The monoisotopic (exact) mass is 259 g/mol. The van der Waals surface area contributed by atoms with E-state index in [0.29, 0.717) is 6.04 Å². The van der Waals surface area contributed by atoms with Crippen molar-refractivity contribution in [3.8, 4) is 0 Å². The smallest absolute Gasteiger partial charge is 0.123 e. The topological polar surface area (TPSA) is 29.9 Å². The summed E-state index contributed by atoms with van der Waals surface area (Å²) >= 11 is 0. The fourth-order valence-corrected chi connectivity index (χ4v) is 2.65. The van der Waals surface area contributed by atoms with Gasteiger partial charge in [-0.1, -0.05) is 12.1 Å². The van der Waals surface area contributed by atoms with E-state index in [-0.39, 0.29) is 5.82 Å². The van der Waals surface area contributed by atoms with Gasteiger partial charge in [0.15, 0.2) is 0 Å². The molecule has 0 spiro atoms. The van der Waals surface area contributed by atoms with Crippen LogP contribution in [0.15, 0.2) is 36.8 Å². The van der Waals surface area contributed by atoms with Crippen LogP contribution in [0.5, 0.6) is 0 Å². The van der Waals surface area contributed by atoms with E-state index in [0.717, 1.165) is 25.1 Å². The van der Waals surface area contributed by atoms with Crippen LogP contribution < -0.4 is 5.32 Å². The van der Waals surface area contributed by atoms with Crippen molar-refractivity contribution in [3.05, 3.63) is 53.9 Å². The molecular formula is C15H18FN3. The molecule has 0 amide bonds. The van der Waals surface area contributed by atoms with Crippen LogP contribution >= 0.6 is 0 Å². The molecule has 2 heterocycles. The van der Waals surface area contributed by atoms with E-state index >= 15 is 0 Å². The lowest BCUT2D eigenvalue weighted by molar-refractivity contribution is 0.562. The first-order valence-electron chi connectivity index (χ1n) is 6.81. The normalized spacial score (nSPS) is 18.9. The molecule has 1 fully saturated rings. The second-order valence-electron chi connectivity index (χ2n) is 5.04. The van der Waals surface area contributed by atoms with Crippen molar-refractivity contribution in [2.24, 2.45) is 0 Å². The summed E-state index contributed by atoms with van der Waals surface area (Å²) in [5.74, 6) is -0.178. The number of hydrogen-bond acceptors (Lipinski definition) is 2. The zero-order valence-corrected chi connectivity index (χ0v) is 10.8. The van der Waals surface area contributed by atoms with Gasteiger partial charge in [0.05, 0.1) is 12.0 Å². The fraction of sp³-hybridized carbons (Fsp3) is 0.400. The van der Waals surface area contributed by atoms with Gasteiger partial charge < -0.3 is 9.88 Å². The van der Waals surface area contributed by atoms with E-state index in [1.54, 1.807) is 0 Å². The number of nitrogens with zero attached hydrogens (tertiary/aromatic N) is 2. The van der Waals surface area contributed by atoms with Crippen molar-refractivity contribution in [1.29, 1.82) is 0 Å². The number of benzene rings is 1. The summed E-state index contributed by atoms with van der Waals surface area (Å²) in [6.07, 6.45) is 7.15. The largest absolute Gasteiger partial charge is 0.333 e. The van der Waals surface area contributed by atoms with Gasteiger partial charge in [-0.3, -0.25) is 0 Å². The highest BCUT2D eigenvalue weighted by molar-refractivity contribution is 5.16. The average Bonchev–Trinajstić information content (AvgIpc) is 3.08. The lowest BCUT2D eigenvalue weighted by atomic mass is 10.1. The Balaban J connectivity index is 1.66. The molecule has 1 aromatic heterocycles. The maximum atomic E-state index is 12.8. The SMILES string of the molecule is Fc1ccc(CCn2cncc2C2CCCN2)cc1. The predicted molar refractivity (Wildman–Crippen MR) is 72.3 cm³/mol. The van der Waals surface area contributed by atoms with Gasteiger partial charge in [-0.25, -0.2) is 9.37 Å². The quantitative estimate of drug-likeness (QED) is 0.915. The minimum absolute atomic E-state index is 0.178. The summed E-state index contributed by atoms with van der Waals surface area (Å²) in [5.41, 5.74) is 2.42. The molecular weight excluding hydrogens is 241 g/mol. The number of hydrogen-bond donors (Lipinski definition) is 1. The maximum absolute atomic E-state index is 12.8. The number of halogens is 1. The Morgan fingerprint density at radius 1 is 1.32 bits per heavy atom. The second-order valence-corrected chi connectivity index (χ2v) is 5.04. The van der Waals surface area contributed by atoms with Gasteiger partial charge in [0.1, 0.15) is 5.82 Å². The van der Waals surface area contributed by atoms with E-state index < -0.39 is 0 Å². The van der Waals surface area contributed by atoms with Crippen LogP contribution in [0, 0.1) is 5.82 Å². The molecule has 3 nitrogen and oxygen atoms in total. The highest BCUT2D eigenvalue weighted by Gasteiger charge is 2.19. The maximum Gasteiger partial charge on any atom is 0.123 e. The molecule has 1 atom stereocenters. The Labute approximate surface area is 112 Å². The lowest BCUT2D eigenvalue weighted by Gasteiger charge is -2.13. The summed E-state index contributed by atoms with van der Waals surface area (Å²) in [7, 11) is 0. The molecule has 1 aliphatic rings. The Hall–Kier alpha value is -1.68. The van der Waals surface area contributed by atoms with Gasteiger partial charge in [0.2, 0.25) is 0 Å². The number of aromatic nitrogens is 2. The van der Waals surface area contributed by atoms with Crippen LogP contribution in [-0.4, -0.2) is 16.1 Å². The minimum atomic E-state index is -0.178. The van der Waals surface area contributed by atoms with Crippen LogP contribution in [-0.2, 0) is 13.0 Å². The Bertz CT molecular complexity index is 527. The molecule has 0 radical (unpaired) electrons. The fourth-order valence-electron chi connectivity index (χ4n) is 2.65. The highest BCUT2D eigenvalue weighted by atomic mass is 19.1. The summed E-state index contributed by atoms with van der Waals surface area (Å²) < 4.78 is 15.0. The molecule has 1 N–H and O–H groups in total. The van der Waals surface area contributed by atoms with E-state index in [2.05, 4.69) is 14.9 Å². The van der Waals surface area contributed by atoms with Crippen molar-refractivity contribution in [2.75, 3.05) is 6.54 Å². The highest BCUT2D eigenvalue weighted by Crippen LogP contribution is 2.22. The van der Waals surface area contributed by atoms with Gasteiger partial charge >= 0.3 is 0 Å². The van der Waals surface area contributed by atoms with Gasteiger partial charge in [-0.15, -0.1) is 0 Å². The van der Waals surface area contributed by atoms with E-state index in [1.807, 2.05) is 24.7 Å². The third kappa shape index (κ3) is 2.84. The molecule has 3 rings (SSSR count). The Kier molecular flexibility index (Phi) is 3.60. The number of nitrogens with one attached hydrogen (secondary N) is 1. The standard InChI is InChI=1S/C15H18FN3/c16-13-5-3-12(4-6-13)7-9-19-11-17-10-15(19)14-2-1-8-18-14/h3-6,10-11,14,18H,1-2,7-9H2. The molecule has 0 bridgehead atoms. The zero-order valence-electron chi connectivity index (χ0n) is 10.8. The molecule has 19 heavy (non-hydrogen) atoms. The van der Waals surface area contributed by atoms with Crippen LogP contribution in [0.4, 0.5) is 4.39 Å². The summed E-state index contributed by atoms with van der Waals surface area (Å²) in [5, 5.41) is 3.49. The molecule has 1 saturated heterocycles. The number of imidazole rings is 1. The molecule has 0 aliphatic carbocycles. The van der Waals surface area contributed by atoms with Crippen molar-refractivity contribution < 1.29 is 4.39 Å². The predicted octanol–water partition coefficient (Wildman–Crippen LogP) is 2.69. The Morgan fingerprint density at radius 3 is 2.89 bits per heavy atom. The van der Waals surface area contributed by atoms with Crippen LogP contribution in [0.25, 0.3) is 0 Å². The molecule has 4 heteroatoms. The second kappa shape index (κ2) is 5.53. The van der Waals surface area contributed by atoms with Crippen molar-refractivity contribution >= 4 is 0 Å². The van der Waals surface area contributed by atoms with Gasteiger partial charge in [0, 0.05) is 18.8 Å². The van der Waals surface area contributed by atoms with Crippen molar-refractivity contribution in [3.63, 3.8) is 0 Å². The molecule has 1 aromatic carbocycles. The van der Waals surface area contributed by atoms with Crippen molar-refractivity contribution in [1.82, 2.24) is 14.9 Å². The first-order valence-corrected chi connectivity index (χ1v) is 6.81. The summed E-state index contributed by atoms with van der Waals surface area (Å²) in [4.78, 5) is 4.26. The van der Waals surface area contributed by atoms with Crippen LogP contribution in [0.1, 0.15) is 30.1 Å². The number of aryl methyl sites for hydroxylation is 2. The third-order valence-corrected chi connectivity index (χ3v) is 3.72. The summed E-state index contributed by atoms with van der Waals surface area (Å²) in [6.45, 7) is 1.98. The number of rotatable bonds is 4. The molecule has 1 aliphatic heterocycles.